The van der Waals surface area contributed by atoms with E-state index in [1.54, 1.807) is 0 Å². The van der Waals surface area contributed by atoms with E-state index in [0.29, 0.717) is 6.04 Å². The highest BCUT2D eigenvalue weighted by molar-refractivity contribution is 5.47. The smallest absolute Gasteiger partial charge is 0.139 e. The standard InChI is InChI=1S/C16H24N4/c1-3-19(15-6-8-17-9-7-15)11-14-12-20-10-4-5-13(2)16(20)18-14/h4-5,10,12,15,17H,3,6-9,11H2,1-2H3. The Morgan fingerprint density at radius 1 is 1.40 bits per heavy atom. The van der Waals surface area contributed by atoms with E-state index in [9.17, 15) is 0 Å². The number of nitrogens with one attached hydrogen (secondary N) is 1. The normalized spacial score (nSPS) is 17.1. The van der Waals surface area contributed by atoms with Crippen LogP contribution in [0.5, 0.6) is 0 Å². The molecule has 1 fully saturated rings. The molecule has 0 aromatic carbocycles. The predicted molar refractivity (Wildman–Crippen MR) is 81.9 cm³/mol. The van der Waals surface area contributed by atoms with E-state index in [2.05, 4.69) is 53.0 Å². The first-order valence-corrected chi connectivity index (χ1v) is 7.66. The number of imidazole rings is 1. The van der Waals surface area contributed by atoms with Crippen LogP contribution in [0.2, 0.25) is 0 Å². The molecule has 0 radical (unpaired) electrons. The van der Waals surface area contributed by atoms with Crippen molar-refractivity contribution >= 4 is 5.65 Å². The number of aryl methyl sites for hydroxylation is 1. The van der Waals surface area contributed by atoms with Crippen LogP contribution in [0, 0.1) is 6.92 Å². The number of pyridine rings is 1. The van der Waals surface area contributed by atoms with E-state index in [1.165, 1.54) is 24.1 Å². The summed E-state index contributed by atoms with van der Waals surface area (Å²) in [6.07, 6.45) is 6.76. The van der Waals surface area contributed by atoms with Gasteiger partial charge in [0.1, 0.15) is 5.65 Å². The van der Waals surface area contributed by atoms with Crippen molar-refractivity contribution in [2.24, 2.45) is 0 Å². The van der Waals surface area contributed by atoms with Crippen LogP contribution in [0.1, 0.15) is 31.0 Å². The first-order chi connectivity index (χ1) is 9.78. The van der Waals surface area contributed by atoms with Crippen molar-refractivity contribution in [3.8, 4) is 0 Å². The summed E-state index contributed by atoms with van der Waals surface area (Å²) in [6, 6.07) is 4.90. The Bertz CT molecular complexity index is 569. The first kappa shape index (κ1) is 13.6. The summed E-state index contributed by atoms with van der Waals surface area (Å²) in [5, 5.41) is 3.44. The summed E-state index contributed by atoms with van der Waals surface area (Å²) in [4.78, 5) is 7.37. The van der Waals surface area contributed by atoms with Crippen molar-refractivity contribution in [2.75, 3.05) is 19.6 Å². The lowest BCUT2D eigenvalue weighted by atomic mass is 10.0. The molecular formula is C16H24N4. The summed E-state index contributed by atoms with van der Waals surface area (Å²) in [7, 11) is 0. The molecule has 2 aromatic heterocycles. The van der Waals surface area contributed by atoms with Gasteiger partial charge in [0.25, 0.3) is 0 Å². The van der Waals surface area contributed by atoms with Gasteiger partial charge in [-0.15, -0.1) is 0 Å². The SMILES string of the molecule is CCN(Cc1cn2cccc(C)c2n1)C1CCNCC1. The molecule has 0 atom stereocenters. The third kappa shape index (κ3) is 2.72. The molecule has 1 saturated heterocycles. The Morgan fingerprint density at radius 3 is 2.90 bits per heavy atom. The molecule has 1 N–H and O–H groups in total. The van der Waals surface area contributed by atoms with E-state index in [4.69, 9.17) is 4.98 Å². The molecule has 4 nitrogen and oxygen atoms in total. The van der Waals surface area contributed by atoms with Crippen LogP contribution in [0.15, 0.2) is 24.5 Å². The van der Waals surface area contributed by atoms with Gasteiger partial charge in [-0.3, -0.25) is 4.90 Å². The summed E-state index contributed by atoms with van der Waals surface area (Å²) >= 11 is 0. The number of hydrogen-bond donors (Lipinski definition) is 1. The number of aromatic nitrogens is 2. The summed E-state index contributed by atoms with van der Waals surface area (Å²) in [6.45, 7) is 8.72. The molecule has 3 heterocycles. The molecule has 3 rings (SSSR count). The molecule has 20 heavy (non-hydrogen) atoms. The van der Waals surface area contributed by atoms with Crippen molar-refractivity contribution < 1.29 is 0 Å². The van der Waals surface area contributed by atoms with Gasteiger partial charge >= 0.3 is 0 Å². The average molecular weight is 272 g/mol. The highest BCUT2D eigenvalue weighted by Crippen LogP contribution is 2.16. The zero-order valence-corrected chi connectivity index (χ0v) is 12.5. The third-order valence-electron chi connectivity index (χ3n) is 4.32. The molecule has 0 saturated carbocycles. The van der Waals surface area contributed by atoms with Gasteiger partial charge in [0.15, 0.2) is 0 Å². The van der Waals surface area contributed by atoms with E-state index < -0.39 is 0 Å². The van der Waals surface area contributed by atoms with Crippen molar-refractivity contribution in [1.82, 2.24) is 19.6 Å². The monoisotopic (exact) mass is 272 g/mol. The Kier molecular flexibility index (Phi) is 4.03. The Balaban J connectivity index is 1.78. The maximum Gasteiger partial charge on any atom is 0.139 e. The summed E-state index contributed by atoms with van der Waals surface area (Å²) in [5.74, 6) is 0. The fourth-order valence-corrected chi connectivity index (χ4v) is 3.16. The van der Waals surface area contributed by atoms with Gasteiger partial charge < -0.3 is 9.72 Å². The second kappa shape index (κ2) is 5.94. The van der Waals surface area contributed by atoms with Gasteiger partial charge in [-0.1, -0.05) is 13.0 Å². The quantitative estimate of drug-likeness (QED) is 0.926. The van der Waals surface area contributed by atoms with Gasteiger partial charge in [0.2, 0.25) is 0 Å². The topological polar surface area (TPSA) is 32.6 Å². The molecule has 0 amide bonds. The average Bonchev–Trinajstić information content (AvgIpc) is 2.90. The molecule has 0 bridgehead atoms. The lowest BCUT2D eigenvalue weighted by molar-refractivity contribution is 0.160. The second-order valence-corrected chi connectivity index (χ2v) is 5.70. The van der Waals surface area contributed by atoms with E-state index in [1.807, 2.05) is 0 Å². The van der Waals surface area contributed by atoms with Crippen molar-refractivity contribution in [2.45, 2.75) is 39.3 Å². The molecule has 1 aliphatic rings. The van der Waals surface area contributed by atoms with Crippen LogP contribution < -0.4 is 5.32 Å². The number of fused-ring (bicyclic) bond motifs is 1. The largest absolute Gasteiger partial charge is 0.317 e. The molecule has 0 unspecified atom stereocenters. The van der Waals surface area contributed by atoms with Gasteiger partial charge in [-0.2, -0.15) is 0 Å². The van der Waals surface area contributed by atoms with Crippen molar-refractivity contribution in [3.63, 3.8) is 0 Å². The molecule has 108 valence electrons. The van der Waals surface area contributed by atoms with Crippen LogP contribution in [0.25, 0.3) is 5.65 Å². The van der Waals surface area contributed by atoms with Crippen molar-refractivity contribution in [3.05, 3.63) is 35.8 Å². The minimum atomic E-state index is 0.701. The van der Waals surface area contributed by atoms with Crippen LogP contribution >= 0.6 is 0 Å². The van der Waals surface area contributed by atoms with E-state index in [0.717, 1.165) is 31.8 Å². The summed E-state index contributed by atoms with van der Waals surface area (Å²) < 4.78 is 2.14. The maximum absolute atomic E-state index is 4.80. The lowest BCUT2D eigenvalue weighted by Crippen LogP contribution is -2.42. The third-order valence-corrected chi connectivity index (χ3v) is 4.32. The molecule has 1 aliphatic heterocycles. The van der Waals surface area contributed by atoms with E-state index in [-0.39, 0.29) is 0 Å². The highest BCUT2D eigenvalue weighted by atomic mass is 15.2. The van der Waals surface area contributed by atoms with Crippen LogP contribution in [-0.2, 0) is 6.54 Å². The van der Waals surface area contributed by atoms with Crippen LogP contribution in [0.3, 0.4) is 0 Å². The molecule has 2 aromatic rings. The van der Waals surface area contributed by atoms with Crippen LogP contribution in [0.4, 0.5) is 0 Å². The van der Waals surface area contributed by atoms with Crippen LogP contribution in [-0.4, -0.2) is 40.0 Å². The fraction of sp³-hybridized carbons (Fsp3) is 0.562. The van der Waals surface area contributed by atoms with E-state index >= 15 is 0 Å². The minimum Gasteiger partial charge on any atom is -0.317 e. The number of rotatable bonds is 4. The number of piperidine rings is 1. The summed E-state index contributed by atoms with van der Waals surface area (Å²) in [5.41, 5.74) is 3.51. The zero-order valence-electron chi connectivity index (χ0n) is 12.5. The van der Waals surface area contributed by atoms with Crippen molar-refractivity contribution in [1.29, 1.82) is 0 Å². The lowest BCUT2D eigenvalue weighted by Gasteiger charge is -2.33. The van der Waals surface area contributed by atoms with Gasteiger partial charge in [-0.25, -0.2) is 4.98 Å². The highest BCUT2D eigenvalue weighted by Gasteiger charge is 2.20. The zero-order chi connectivity index (χ0) is 13.9. The number of nitrogens with zero attached hydrogens (tertiary/aromatic N) is 3. The Hall–Kier alpha value is -1.39. The fourth-order valence-electron chi connectivity index (χ4n) is 3.16. The maximum atomic E-state index is 4.80. The second-order valence-electron chi connectivity index (χ2n) is 5.70. The predicted octanol–water partition coefficient (Wildman–Crippen LogP) is 2.22. The van der Waals surface area contributed by atoms with Gasteiger partial charge in [0, 0.05) is 25.0 Å². The molecule has 0 aliphatic carbocycles. The number of hydrogen-bond acceptors (Lipinski definition) is 3. The minimum absolute atomic E-state index is 0.701. The molecule has 0 spiro atoms. The Labute approximate surface area is 120 Å². The first-order valence-electron chi connectivity index (χ1n) is 7.66. The van der Waals surface area contributed by atoms with Gasteiger partial charge in [-0.05, 0) is 51.0 Å². The molecule has 4 heteroatoms. The molecular weight excluding hydrogens is 248 g/mol. The van der Waals surface area contributed by atoms with Gasteiger partial charge in [0.05, 0.1) is 5.69 Å². The Morgan fingerprint density at radius 2 is 2.20 bits per heavy atom.